The van der Waals surface area contributed by atoms with E-state index < -0.39 is 12.1 Å². The second-order valence-electron chi connectivity index (χ2n) is 6.22. The van der Waals surface area contributed by atoms with Crippen LogP contribution in [0.25, 0.3) is 11.1 Å². The number of amides is 1. The lowest BCUT2D eigenvalue weighted by molar-refractivity contribution is -0.141. The normalized spacial score (nSPS) is 12.9. The van der Waals surface area contributed by atoms with Crippen molar-refractivity contribution in [1.82, 2.24) is 5.32 Å². The van der Waals surface area contributed by atoms with Crippen LogP contribution in [0.1, 0.15) is 37.8 Å². The van der Waals surface area contributed by atoms with Gasteiger partial charge in [0.25, 0.3) is 0 Å². The molecular weight excluding hydrogens is 328 g/mol. The molecule has 0 radical (unpaired) electrons. The molecule has 138 valence electrons. The highest BCUT2D eigenvalue weighted by Gasteiger charge is 2.22. The SMILES string of the molecule is CCC[C@@H](N)C(=O)NC(CC(=O)OC)c1ccc(-c2ccccc2)cc1. The van der Waals surface area contributed by atoms with Crippen molar-refractivity contribution < 1.29 is 14.3 Å². The van der Waals surface area contributed by atoms with Gasteiger partial charge in [-0.1, -0.05) is 67.9 Å². The highest BCUT2D eigenvalue weighted by atomic mass is 16.5. The lowest BCUT2D eigenvalue weighted by Gasteiger charge is -2.21. The van der Waals surface area contributed by atoms with Crippen molar-refractivity contribution in [3.05, 3.63) is 60.2 Å². The molecular formula is C21H26N2O3. The molecule has 3 N–H and O–H groups in total. The number of nitrogens with one attached hydrogen (secondary N) is 1. The molecule has 2 aromatic carbocycles. The van der Waals surface area contributed by atoms with E-state index in [1.54, 1.807) is 0 Å². The minimum absolute atomic E-state index is 0.0613. The van der Waals surface area contributed by atoms with Gasteiger partial charge in [0.2, 0.25) is 5.91 Å². The summed E-state index contributed by atoms with van der Waals surface area (Å²) >= 11 is 0. The summed E-state index contributed by atoms with van der Waals surface area (Å²) in [6.07, 6.45) is 1.48. The molecule has 1 unspecified atom stereocenters. The largest absolute Gasteiger partial charge is 0.469 e. The van der Waals surface area contributed by atoms with Gasteiger partial charge in [0.05, 0.1) is 25.6 Å². The maximum Gasteiger partial charge on any atom is 0.307 e. The first-order valence-corrected chi connectivity index (χ1v) is 8.83. The van der Waals surface area contributed by atoms with Gasteiger partial charge in [-0.15, -0.1) is 0 Å². The molecule has 0 aromatic heterocycles. The zero-order valence-corrected chi connectivity index (χ0v) is 15.3. The Balaban J connectivity index is 2.19. The Morgan fingerprint density at radius 1 is 1.04 bits per heavy atom. The average molecular weight is 354 g/mol. The van der Waals surface area contributed by atoms with Gasteiger partial charge >= 0.3 is 5.97 Å². The van der Waals surface area contributed by atoms with E-state index in [1.807, 2.05) is 61.5 Å². The van der Waals surface area contributed by atoms with Crippen LogP contribution in [-0.2, 0) is 14.3 Å². The number of esters is 1. The van der Waals surface area contributed by atoms with Crippen molar-refractivity contribution in [2.75, 3.05) is 7.11 Å². The Kier molecular flexibility index (Phi) is 7.36. The fourth-order valence-corrected chi connectivity index (χ4v) is 2.76. The molecule has 0 aliphatic rings. The molecule has 1 amide bonds. The highest BCUT2D eigenvalue weighted by molar-refractivity contribution is 5.82. The first-order valence-electron chi connectivity index (χ1n) is 8.83. The van der Waals surface area contributed by atoms with Gasteiger partial charge in [-0.2, -0.15) is 0 Å². The third-order valence-electron chi connectivity index (χ3n) is 4.27. The number of nitrogens with two attached hydrogens (primary N) is 1. The van der Waals surface area contributed by atoms with Crippen LogP contribution < -0.4 is 11.1 Å². The Hall–Kier alpha value is -2.66. The number of ether oxygens (including phenoxy) is 1. The summed E-state index contributed by atoms with van der Waals surface area (Å²) in [7, 11) is 1.34. The Morgan fingerprint density at radius 2 is 1.65 bits per heavy atom. The average Bonchev–Trinajstić information content (AvgIpc) is 2.68. The lowest BCUT2D eigenvalue weighted by atomic mass is 9.98. The second-order valence-corrected chi connectivity index (χ2v) is 6.22. The first kappa shape index (κ1) is 19.7. The van der Waals surface area contributed by atoms with E-state index in [0.717, 1.165) is 23.1 Å². The number of hydrogen-bond acceptors (Lipinski definition) is 4. The van der Waals surface area contributed by atoms with Crippen LogP contribution >= 0.6 is 0 Å². The third kappa shape index (κ3) is 5.43. The second kappa shape index (κ2) is 9.73. The van der Waals surface area contributed by atoms with E-state index in [0.29, 0.717) is 6.42 Å². The smallest absolute Gasteiger partial charge is 0.307 e. The predicted octanol–water partition coefficient (Wildman–Crippen LogP) is 3.20. The zero-order chi connectivity index (χ0) is 18.9. The number of hydrogen-bond donors (Lipinski definition) is 2. The van der Waals surface area contributed by atoms with Crippen LogP contribution in [0.3, 0.4) is 0 Å². The zero-order valence-electron chi connectivity index (χ0n) is 15.3. The van der Waals surface area contributed by atoms with Crippen molar-refractivity contribution >= 4 is 11.9 Å². The standard InChI is InChI=1S/C21H26N2O3/c1-3-7-18(22)21(25)23-19(14-20(24)26-2)17-12-10-16(11-13-17)15-8-5-4-6-9-15/h4-6,8-13,18-19H,3,7,14,22H2,1-2H3,(H,23,25)/t18-,19?/m1/s1. The van der Waals surface area contributed by atoms with E-state index in [4.69, 9.17) is 10.5 Å². The van der Waals surface area contributed by atoms with Gasteiger partial charge in [0, 0.05) is 0 Å². The van der Waals surface area contributed by atoms with Gasteiger partial charge < -0.3 is 15.8 Å². The minimum atomic E-state index is -0.580. The van der Waals surface area contributed by atoms with Gasteiger partial charge in [-0.3, -0.25) is 9.59 Å². The van der Waals surface area contributed by atoms with Crippen molar-refractivity contribution in [3.8, 4) is 11.1 Å². The summed E-state index contributed by atoms with van der Waals surface area (Å²) in [5.74, 6) is -0.639. The molecule has 0 saturated heterocycles. The molecule has 0 spiro atoms. The van der Waals surface area contributed by atoms with E-state index in [1.165, 1.54) is 7.11 Å². The summed E-state index contributed by atoms with van der Waals surface area (Å²) in [5, 5.41) is 2.88. The molecule has 5 nitrogen and oxygen atoms in total. The number of rotatable bonds is 8. The maximum atomic E-state index is 12.3. The van der Waals surface area contributed by atoms with Gasteiger partial charge in [-0.05, 0) is 23.1 Å². The number of methoxy groups -OCH3 is 1. The molecule has 5 heteroatoms. The van der Waals surface area contributed by atoms with E-state index in [9.17, 15) is 9.59 Å². The number of benzene rings is 2. The molecule has 2 rings (SSSR count). The maximum absolute atomic E-state index is 12.3. The van der Waals surface area contributed by atoms with Crippen LogP contribution in [0, 0.1) is 0 Å². The molecule has 0 aliphatic heterocycles. The van der Waals surface area contributed by atoms with Crippen molar-refractivity contribution in [3.63, 3.8) is 0 Å². The molecule has 2 atom stereocenters. The summed E-state index contributed by atoms with van der Waals surface area (Å²) in [6.45, 7) is 1.97. The fourth-order valence-electron chi connectivity index (χ4n) is 2.76. The van der Waals surface area contributed by atoms with Crippen LogP contribution in [-0.4, -0.2) is 25.0 Å². The third-order valence-corrected chi connectivity index (χ3v) is 4.27. The summed E-state index contributed by atoms with van der Waals surface area (Å²) in [5.41, 5.74) is 8.91. The van der Waals surface area contributed by atoms with Crippen molar-refractivity contribution in [2.24, 2.45) is 5.73 Å². The fraction of sp³-hybridized carbons (Fsp3) is 0.333. The molecule has 26 heavy (non-hydrogen) atoms. The Bertz CT molecular complexity index is 714. The first-order chi connectivity index (χ1) is 12.5. The summed E-state index contributed by atoms with van der Waals surface area (Å²) in [4.78, 5) is 24.0. The van der Waals surface area contributed by atoms with Crippen LogP contribution in [0.15, 0.2) is 54.6 Å². The van der Waals surface area contributed by atoms with Gasteiger partial charge in [0.15, 0.2) is 0 Å². The number of carbonyl (C=O) groups is 2. The topological polar surface area (TPSA) is 81.4 Å². The van der Waals surface area contributed by atoms with Gasteiger partial charge in [-0.25, -0.2) is 0 Å². The van der Waals surface area contributed by atoms with Crippen LogP contribution in [0.2, 0.25) is 0 Å². The van der Waals surface area contributed by atoms with E-state index >= 15 is 0 Å². The van der Waals surface area contributed by atoms with Crippen LogP contribution in [0.4, 0.5) is 0 Å². The summed E-state index contributed by atoms with van der Waals surface area (Å²) < 4.78 is 4.76. The highest BCUT2D eigenvalue weighted by Crippen LogP contribution is 2.23. The van der Waals surface area contributed by atoms with Crippen molar-refractivity contribution in [2.45, 2.75) is 38.3 Å². The van der Waals surface area contributed by atoms with E-state index in [2.05, 4.69) is 5.32 Å². The number of carbonyl (C=O) groups excluding carboxylic acids is 2. The molecule has 0 bridgehead atoms. The lowest BCUT2D eigenvalue weighted by Crippen LogP contribution is -2.42. The Labute approximate surface area is 154 Å². The molecule has 2 aromatic rings. The molecule has 0 saturated carbocycles. The molecule has 0 heterocycles. The van der Waals surface area contributed by atoms with Gasteiger partial charge in [0.1, 0.15) is 0 Å². The quantitative estimate of drug-likeness (QED) is 0.713. The summed E-state index contributed by atoms with van der Waals surface area (Å²) in [6, 6.07) is 16.8. The molecule has 0 fully saturated rings. The van der Waals surface area contributed by atoms with Crippen LogP contribution in [0.5, 0.6) is 0 Å². The monoisotopic (exact) mass is 354 g/mol. The van der Waals surface area contributed by atoms with E-state index in [-0.39, 0.29) is 18.3 Å². The minimum Gasteiger partial charge on any atom is -0.469 e. The molecule has 0 aliphatic carbocycles. The Morgan fingerprint density at radius 3 is 2.23 bits per heavy atom. The predicted molar refractivity (Wildman–Crippen MR) is 102 cm³/mol. The van der Waals surface area contributed by atoms with Crippen molar-refractivity contribution in [1.29, 1.82) is 0 Å².